The highest BCUT2D eigenvalue weighted by Gasteiger charge is 2.14. The fourth-order valence-corrected chi connectivity index (χ4v) is 4.03. The average Bonchev–Trinajstić information content (AvgIpc) is 2.93. The zero-order valence-electron chi connectivity index (χ0n) is 24.1. The first-order valence-electron chi connectivity index (χ1n) is 12.6. The molecule has 0 bridgehead atoms. The van der Waals surface area contributed by atoms with Gasteiger partial charge in [0.1, 0.15) is 34.8 Å². The van der Waals surface area contributed by atoms with Gasteiger partial charge in [-0.05, 0) is 39.8 Å². The molecule has 0 radical (unpaired) electrons. The Kier molecular flexibility index (Phi) is 10.6. The number of nitrogens with one attached hydrogen (secondary N) is 2. The van der Waals surface area contributed by atoms with Crippen LogP contribution in [0, 0.1) is 39.3 Å². The van der Waals surface area contributed by atoms with Crippen molar-refractivity contribution in [2.75, 3.05) is 29.2 Å². The second-order valence-electron chi connectivity index (χ2n) is 9.13. The van der Waals surface area contributed by atoms with Gasteiger partial charge in [0.05, 0.1) is 29.9 Å². The number of nitrogens with zero attached hydrogens (tertiary/aromatic N) is 4. The van der Waals surface area contributed by atoms with Gasteiger partial charge < -0.3 is 31.4 Å². The van der Waals surface area contributed by atoms with Gasteiger partial charge in [-0.3, -0.25) is 0 Å². The molecule has 0 aliphatic heterocycles. The molecule has 4 rings (SSSR count). The quantitative estimate of drug-likeness (QED) is 0.181. The van der Waals surface area contributed by atoms with Crippen LogP contribution in [0.4, 0.5) is 31.8 Å². The molecule has 7 N–H and O–H groups in total. The monoisotopic (exact) mass is 618 g/mol. The van der Waals surface area contributed by atoms with Crippen molar-refractivity contribution >= 4 is 33.4 Å². The van der Waals surface area contributed by atoms with Crippen molar-refractivity contribution in [3.8, 4) is 11.5 Å². The number of phenolic OH excluding ortho intramolecular Hbond substituents is 1. The van der Waals surface area contributed by atoms with E-state index in [0.717, 1.165) is 19.2 Å². The van der Waals surface area contributed by atoms with Crippen LogP contribution >= 0.6 is 0 Å². The molecule has 16 heteroatoms. The number of anilines is 4. The summed E-state index contributed by atoms with van der Waals surface area (Å²) in [6.07, 6.45) is 0. The van der Waals surface area contributed by atoms with E-state index in [2.05, 4.69) is 38.9 Å². The zero-order valence-corrected chi connectivity index (χ0v) is 24.9. The van der Waals surface area contributed by atoms with Gasteiger partial charge in [-0.25, -0.2) is 32.9 Å². The van der Waals surface area contributed by atoms with Gasteiger partial charge in [0, 0.05) is 36.3 Å². The molecule has 4 aromatic rings. The second kappa shape index (κ2) is 13.9. The summed E-state index contributed by atoms with van der Waals surface area (Å²) in [6, 6.07) is 7.66. The molecule has 0 fully saturated rings. The molecule has 0 saturated heterocycles. The Morgan fingerprint density at radius 1 is 0.791 bits per heavy atom. The van der Waals surface area contributed by atoms with Crippen molar-refractivity contribution in [3.05, 3.63) is 82.2 Å². The molecule has 2 heterocycles. The summed E-state index contributed by atoms with van der Waals surface area (Å²) in [7, 11) is -3.24. The third-order valence-corrected chi connectivity index (χ3v) is 6.66. The Balaban J connectivity index is 0.000000242. The number of aromatic nitrogens is 4. The summed E-state index contributed by atoms with van der Waals surface area (Å²) in [4.78, 5) is 16.6. The Morgan fingerprint density at radius 2 is 1.26 bits per heavy atom. The van der Waals surface area contributed by atoms with E-state index >= 15 is 0 Å². The third kappa shape index (κ3) is 9.08. The van der Waals surface area contributed by atoms with Gasteiger partial charge in [0.2, 0.25) is 0 Å². The molecular formula is C27H32F2N8O5S. The fourth-order valence-electron chi connectivity index (χ4n) is 3.62. The first kappa shape index (κ1) is 32.7. The number of benzene rings is 2. The van der Waals surface area contributed by atoms with Crippen molar-refractivity contribution < 1.29 is 30.7 Å². The van der Waals surface area contributed by atoms with Crippen LogP contribution in [0.3, 0.4) is 0 Å². The molecule has 0 aliphatic rings. The summed E-state index contributed by atoms with van der Waals surface area (Å²) < 4.78 is 58.6. The zero-order chi connectivity index (χ0) is 31.9. The molecule has 2 aromatic heterocycles. The van der Waals surface area contributed by atoms with Crippen LogP contribution in [0.25, 0.3) is 0 Å². The lowest BCUT2D eigenvalue weighted by molar-refractivity contribution is 0.330. The maximum Gasteiger partial charge on any atom is 0.448 e. The van der Waals surface area contributed by atoms with Crippen LogP contribution in [0.1, 0.15) is 34.2 Å². The van der Waals surface area contributed by atoms with Gasteiger partial charge in [-0.2, -0.15) is 8.42 Å². The molecule has 13 nitrogen and oxygen atoms in total. The largest absolute Gasteiger partial charge is 0.508 e. The predicted octanol–water partition coefficient (Wildman–Crippen LogP) is 3.83. The molecular weight excluding hydrogens is 586 g/mol. The summed E-state index contributed by atoms with van der Waals surface area (Å²) in [6.45, 7) is 7.35. The average molecular weight is 619 g/mol. The van der Waals surface area contributed by atoms with E-state index in [1.807, 2.05) is 0 Å². The first-order chi connectivity index (χ1) is 20.2. The van der Waals surface area contributed by atoms with Gasteiger partial charge in [0.15, 0.2) is 11.6 Å². The standard InChI is InChI=1S/C14H17FN4O4S.C13H15FN4O/c1-8-13(16)14(19-9(2)18-8)17-7-10-4-5-11(6-12(10)15)23-24(20,21)22-3;1-7-12(15)13(18-8(2)17-7)16-6-9-3-4-10(19)5-11(9)14/h4-6H,7,16H2,1-3H3,(H,17,18,19);3-5,19H,6,15H2,1-2H3,(H,16,17,18). The number of phenols is 1. The number of nitrogen functional groups attached to an aromatic ring is 2. The number of hydrogen-bond donors (Lipinski definition) is 5. The van der Waals surface area contributed by atoms with Gasteiger partial charge in [-0.15, -0.1) is 0 Å². The number of hydrogen-bond acceptors (Lipinski definition) is 13. The minimum Gasteiger partial charge on any atom is -0.508 e. The van der Waals surface area contributed by atoms with Gasteiger partial charge in [0.25, 0.3) is 0 Å². The van der Waals surface area contributed by atoms with E-state index in [1.54, 1.807) is 27.7 Å². The molecule has 43 heavy (non-hydrogen) atoms. The second-order valence-corrected chi connectivity index (χ2v) is 10.4. The number of aromatic hydroxyl groups is 1. The lowest BCUT2D eigenvalue weighted by Gasteiger charge is -2.12. The lowest BCUT2D eigenvalue weighted by Crippen LogP contribution is -2.11. The van der Waals surface area contributed by atoms with Crippen LogP contribution in [0.15, 0.2) is 36.4 Å². The van der Waals surface area contributed by atoms with Crippen LogP contribution in [0.2, 0.25) is 0 Å². The van der Waals surface area contributed by atoms with Crippen molar-refractivity contribution in [2.24, 2.45) is 0 Å². The maximum atomic E-state index is 14.1. The molecule has 0 atom stereocenters. The van der Waals surface area contributed by atoms with Crippen LogP contribution in [-0.2, 0) is 27.7 Å². The maximum absolute atomic E-state index is 14.1. The third-order valence-electron chi connectivity index (χ3n) is 5.85. The normalized spacial score (nSPS) is 11.0. The van der Waals surface area contributed by atoms with Crippen molar-refractivity contribution in [2.45, 2.75) is 40.8 Å². The van der Waals surface area contributed by atoms with Crippen LogP contribution in [-0.4, -0.2) is 40.6 Å². The van der Waals surface area contributed by atoms with Gasteiger partial charge >= 0.3 is 10.4 Å². The Labute approximate surface area is 247 Å². The molecule has 0 spiro atoms. The number of aryl methyl sites for hydroxylation is 4. The minimum absolute atomic E-state index is 0.100. The van der Waals surface area contributed by atoms with Crippen LogP contribution < -0.4 is 26.3 Å². The smallest absolute Gasteiger partial charge is 0.448 e. The Bertz CT molecular complexity index is 1720. The summed E-state index contributed by atoms with van der Waals surface area (Å²) in [5, 5.41) is 15.0. The highest BCUT2D eigenvalue weighted by Crippen LogP contribution is 2.23. The molecule has 2 aromatic carbocycles. The van der Waals surface area contributed by atoms with E-state index in [9.17, 15) is 17.2 Å². The van der Waals surface area contributed by atoms with E-state index in [-0.39, 0.29) is 30.2 Å². The highest BCUT2D eigenvalue weighted by molar-refractivity contribution is 7.82. The minimum atomic E-state index is -4.19. The van der Waals surface area contributed by atoms with E-state index < -0.39 is 22.0 Å². The SMILES string of the molecule is COS(=O)(=O)Oc1ccc(CNc2nc(C)nc(C)c2N)c(F)c1.Cc1nc(C)c(N)c(NCc2ccc(O)cc2F)n1. The van der Waals surface area contributed by atoms with Gasteiger partial charge in [-0.1, -0.05) is 12.1 Å². The van der Waals surface area contributed by atoms with Crippen molar-refractivity contribution in [1.29, 1.82) is 0 Å². The summed E-state index contributed by atoms with van der Waals surface area (Å²) >= 11 is 0. The van der Waals surface area contributed by atoms with Crippen molar-refractivity contribution in [1.82, 2.24) is 19.9 Å². The molecule has 0 aliphatic carbocycles. The predicted molar refractivity (Wildman–Crippen MR) is 158 cm³/mol. The lowest BCUT2D eigenvalue weighted by atomic mass is 10.2. The summed E-state index contributed by atoms with van der Waals surface area (Å²) in [5.74, 6) is 0.611. The first-order valence-corrected chi connectivity index (χ1v) is 14.0. The fraction of sp³-hybridized carbons (Fsp3) is 0.259. The molecule has 0 amide bonds. The molecule has 0 saturated carbocycles. The van der Waals surface area contributed by atoms with E-state index in [1.165, 1.54) is 24.3 Å². The highest BCUT2D eigenvalue weighted by atomic mass is 32.3. The Morgan fingerprint density at radius 3 is 1.70 bits per heavy atom. The molecule has 0 unspecified atom stereocenters. The number of nitrogens with two attached hydrogens (primary N) is 2. The van der Waals surface area contributed by atoms with E-state index in [4.69, 9.17) is 16.6 Å². The Hall–Kier alpha value is -4.83. The van der Waals surface area contributed by atoms with Crippen molar-refractivity contribution in [3.63, 3.8) is 0 Å². The number of halogens is 2. The molecule has 230 valence electrons. The number of rotatable bonds is 9. The topological polar surface area (TPSA) is 200 Å². The van der Waals surface area contributed by atoms with Crippen LogP contribution in [0.5, 0.6) is 11.5 Å². The van der Waals surface area contributed by atoms with E-state index in [0.29, 0.717) is 51.6 Å². The summed E-state index contributed by atoms with van der Waals surface area (Å²) in [5.41, 5.74) is 14.6.